The summed E-state index contributed by atoms with van der Waals surface area (Å²) in [6, 6.07) is 5.94. The number of hydrogen-bond donors (Lipinski definition) is 0. The van der Waals surface area contributed by atoms with Gasteiger partial charge in [-0.05, 0) is 35.0 Å². The summed E-state index contributed by atoms with van der Waals surface area (Å²) in [5.41, 5.74) is 2.01. The van der Waals surface area contributed by atoms with Gasteiger partial charge in [-0.2, -0.15) is 4.68 Å². The first-order valence-corrected chi connectivity index (χ1v) is 6.60. The highest BCUT2D eigenvalue weighted by atomic mass is 32.2. The number of aromatic nitrogens is 4. The van der Waals surface area contributed by atoms with E-state index in [0.717, 1.165) is 22.2 Å². The molecule has 0 aliphatic rings. The Bertz CT molecular complexity index is 539. The fourth-order valence-corrected chi connectivity index (χ4v) is 2.32. The fraction of sp³-hybridized carbons (Fsp3) is 0.417. The summed E-state index contributed by atoms with van der Waals surface area (Å²) in [6.45, 7) is 6.25. The predicted molar refractivity (Wildman–Crippen MR) is 71.4 cm³/mol. The smallest absolute Gasteiger partial charge is 0.214 e. The van der Waals surface area contributed by atoms with Crippen molar-refractivity contribution in [1.29, 1.82) is 0 Å². The number of benzene rings is 1. The Kier molecular flexibility index (Phi) is 3.86. The first-order valence-electron chi connectivity index (χ1n) is 5.72. The molecule has 6 heteroatoms. The number of rotatable bonds is 4. The van der Waals surface area contributed by atoms with Gasteiger partial charge in [0.05, 0.1) is 7.11 Å². The molecule has 0 radical (unpaired) electrons. The molecule has 1 aromatic heterocycles. The molecule has 0 bridgehead atoms. The highest BCUT2D eigenvalue weighted by Gasteiger charge is 2.14. The third-order valence-electron chi connectivity index (χ3n) is 2.34. The number of aryl methyl sites for hydroxylation is 1. The van der Waals surface area contributed by atoms with Gasteiger partial charge in [0.1, 0.15) is 11.4 Å². The molecule has 2 rings (SSSR count). The van der Waals surface area contributed by atoms with E-state index < -0.39 is 0 Å². The number of hydrogen-bond acceptors (Lipinski definition) is 5. The Morgan fingerprint density at radius 3 is 2.78 bits per heavy atom. The molecule has 0 atom stereocenters. The van der Waals surface area contributed by atoms with Crippen LogP contribution in [0.1, 0.15) is 19.4 Å². The van der Waals surface area contributed by atoms with Gasteiger partial charge >= 0.3 is 0 Å². The monoisotopic (exact) mass is 264 g/mol. The molecule has 0 saturated heterocycles. The summed E-state index contributed by atoms with van der Waals surface area (Å²) < 4.78 is 7.08. The van der Waals surface area contributed by atoms with Crippen molar-refractivity contribution in [2.75, 3.05) is 7.11 Å². The third-order valence-corrected chi connectivity index (χ3v) is 3.28. The van der Waals surface area contributed by atoms with Gasteiger partial charge in [0.25, 0.3) is 0 Å². The van der Waals surface area contributed by atoms with Crippen molar-refractivity contribution in [1.82, 2.24) is 20.2 Å². The highest BCUT2D eigenvalue weighted by Crippen LogP contribution is 2.28. The minimum atomic E-state index is 0.422. The molecule has 96 valence electrons. The standard InChI is InChI=1S/C12H16N4OS/c1-8(2)18-12-13-14-15-16(12)10-7-9(3)5-6-11(10)17-4/h5-8H,1-4H3. The van der Waals surface area contributed by atoms with Crippen molar-refractivity contribution in [2.24, 2.45) is 0 Å². The summed E-state index contributed by atoms with van der Waals surface area (Å²) in [5, 5.41) is 13.0. The summed E-state index contributed by atoms with van der Waals surface area (Å²) >= 11 is 1.62. The van der Waals surface area contributed by atoms with Crippen LogP contribution in [0, 0.1) is 6.92 Å². The van der Waals surface area contributed by atoms with Gasteiger partial charge in [-0.3, -0.25) is 0 Å². The van der Waals surface area contributed by atoms with Crippen molar-refractivity contribution in [3.05, 3.63) is 23.8 Å². The molecule has 1 heterocycles. The van der Waals surface area contributed by atoms with Crippen LogP contribution in [-0.4, -0.2) is 32.6 Å². The first kappa shape index (κ1) is 12.9. The largest absolute Gasteiger partial charge is 0.494 e. The molecule has 2 aromatic rings. The Labute approximate surface area is 111 Å². The fourth-order valence-electron chi connectivity index (χ4n) is 1.58. The second-order valence-corrected chi connectivity index (χ2v) is 5.76. The summed E-state index contributed by atoms with van der Waals surface area (Å²) in [7, 11) is 1.65. The third kappa shape index (κ3) is 2.64. The van der Waals surface area contributed by atoms with Gasteiger partial charge in [0, 0.05) is 5.25 Å². The Hall–Kier alpha value is -1.56. The van der Waals surface area contributed by atoms with Crippen molar-refractivity contribution in [3.8, 4) is 11.4 Å². The topological polar surface area (TPSA) is 52.8 Å². The van der Waals surface area contributed by atoms with Gasteiger partial charge < -0.3 is 4.74 Å². The van der Waals surface area contributed by atoms with Crippen molar-refractivity contribution >= 4 is 11.8 Å². The maximum Gasteiger partial charge on any atom is 0.214 e. The number of methoxy groups -OCH3 is 1. The van der Waals surface area contributed by atoms with E-state index in [2.05, 4.69) is 29.4 Å². The SMILES string of the molecule is COc1ccc(C)cc1-n1nnnc1SC(C)C. The van der Waals surface area contributed by atoms with Crippen LogP contribution in [0.5, 0.6) is 5.75 Å². The molecule has 0 aliphatic carbocycles. The van der Waals surface area contributed by atoms with Crippen LogP contribution in [-0.2, 0) is 0 Å². The summed E-state index contributed by atoms with van der Waals surface area (Å²) in [5.74, 6) is 0.763. The molecular weight excluding hydrogens is 248 g/mol. The average molecular weight is 264 g/mol. The van der Waals surface area contributed by atoms with Crippen LogP contribution in [0.15, 0.2) is 23.4 Å². The summed E-state index contributed by atoms with van der Waals surface area (Å²) in [4.78, 5) is 0. The number of ether oxygens (including phenoxy) is 1. The highest BCUT2D eigenvalue weighted by molar-refractivity contribution is 7.99. The normalized spacial score (nSPS) is 10.9. The van der Waals surface area contributed by atoms with E-state index in [4.69, 9.17) is 4.74 Å². The molecule has 0 unspecified atom stereocenters. The molecule has 0 spiro atoms. The second kappa shape index (κ2) is 5.39. The van der Waals surface area contributed by atoms with E-state index in [1.165, 1.54) is 0 Å². The molecular formula is C12H16N4OS. The maximum atomic E-state index is 5.36. The van der Waals surface area contributed by atoms with Crippen LogP contribution in [0.3, 0.4) is 0 Å². The Morgan fingerprint density at radius 1 is 1.33 bits per heavy atom. The quantitative estimate of drug-likeness (QED) is 0.794. The number of tetrazole rings is 1. The zero-order valence-electron chi connectivity index (χ0n) is 10.9. The van der Waals surface area contributed by atoms with Gasteiger partial charge in [0.15, 0.2) is 0 Å². The lowest BCUT2D eigenvalue weighted by Gasteiger charge is -2.10. The van der Waals surface area contributed by atoms with E-state index in [1.807, 2.05) is 25.1 Å². The van der Waals surface area contributed by atoms with Crippen LogP contribution < -0.4 is 4.74 Å². The lowest BCUT2D eigenvalue weighted by Crippen LogP contribution is -2.03. The van der Waals surface area contributed by atoms with E-state index in [9.17, 15) is 0 Å². The van der Waals surface area contributed by atoms with Gasteiger partial charge in [-0.25, -0.2) is 0 Å². The van der Waals surface area contributed by atoms with Crippen LogP contribution in [0.25, 0.3) is 5.69 Å². The zero-order valence-corrected chi connectivity index (χ0v) is 11.7. The van der Waals surface area contributed by atoms with Gasteiger partial charge in [-0.1, -0.05) is 31.7 Å². The lowest BCUT2D eigenvalue weighted by molar-refractivity contribution is 0.410. The van der Waals surface area contributed by atoms with E-state index in [-0.39, 0.29) is 0 Å². The van der Waals surface area contributed by atoms with Crippen molar-refractivity contribution in [3.63, 3.8) is 0 Å². The van der Waals surface area contributed by atoms with E-state index in [1.54, 1.807) is 23.6 Å². The molecule has 5 nitrogen and oxygen atoms in total. The Balaban J connectivity index is 2.48. The van der Waals surface area contributed by atoms with E-state index in [0.29, 0.717) is 5.25 Å². The van der Waals surface area contributed by atoms with Gasteiger partial charge in [0.2, 0.25) is 5.16 Å². The molecule has 1 aromatic carbocycles. The molecule has 0 saturated carbocycles. The second-order valence-electron chi connectivity index (χ2n) is 4.22. The molecule has 0 N–H and O–H groups in total. The minimum absolute atomic E-state index is 0.422. The zero-order chi connectivity index (χ0) is 13.1. The van der Waals surface area contributed by atoms with E-state index >= 15 is 0 Å². The number of nitrogens with zero attached hydrogens (tertiary/aromatic N) is 4. The predicted octanol–water partition coefficient (Wildman–Crippen LogP) is 2.48. The molecule has 18 heavy (non-hydrogen) atoms. The van der Waals surface area contributed by atoms with Crippen molar-refractivity contribution < 1.29 is 4.74 Å². The van der Waals surface area contributed by atoms with Crippen LogP contribution in [0.2, 0.25) is 0 Å². The lowest BCUT2D eigenvalue weighted by atomic mass is 10.2. The average Bonchev–Trinajstić information content (AvgIpc) is 2.76. The molecule has 0 amide bonds. The van der Waals surface area contributed by atoms with Crippen LogP contribution in [0.4, 0.5) is 0 Å². The van der Waals surface area contributed by atoms with Gasteiger partial charge in [-0.15, -0.1) is 5.10 Å². The van der Waals surface area contributed by atoms with Crippen LogP contribution >= 0.6 is 11.8 Å². The first-order chi connectivity index (χ1) is 8.61. The molecule has 0 fully saturated rings. The maximum absolute atomic E-state index is 5.36. The molecule has 0 aliphatic heterocycles. The summed E-state index contributed by atoms with van der Waals surface area (Å²) in [6.07, 6.45) is 0. The number of thioether (sulfide) groups is 1. The van der Waals surface area contributed by atoms with Crippen molar-refractivity contribution in [2.45, 2.75) is 31.2 Å². The Morgan fingerprint density at radius 2 is 2.11 bits per heavy atom. The minimum Gasteiger partial charge on any atom is -0.494 e.